The van der Waals surface area contributed by atoms with Gasteiger partial charge < -0.3 is 10.1 Å². The molecule has 0 saturated carbocycles. The fourth-order valence-corrected chi connectivity index (χ4v) is 5.70. The van der Waals surface area contributed by atoms with E-state index in [1.54, 1.807) is 0 Å². The average molecular weight is 495 g/mol. The smallest absolute Gasteiger partial charge is 0.119 e. The Morgan fingerprint density at radius 3 is 2.55 bits per heavy atom. The summed E-state index contributed by atoms with van der Waals surface area (Å²) < 4.78 is 7.13. The third-order valence-corrected chi connectivity index (χ3v) is 7.56. The molecule has 1 N–H and O–H groups in total. The zero-order valence-corrected chi connectivity index (χ0v) is 20.0. The molecule has 0 aromatic heterocycles. The molecule has 2 aliphatic rings. The molecule has 3 atom stereocenters. The summed E-state index contributed by atoms with van der Waals surface area (Å²) >= 11 is 9.77. The van der Waals surface area contributed by atoms with Crippen LogP contribution in [0.4, 0.5) is 5.69 Å². The summed E-state index contributed by atoms with van der Waals surface area (Å²) in [6.45, 7) is 4.98. The fraction of sp³-hybridized carbons (Fsp3) is 0.259. The zero-order valence-electron chi connectivity index (χ0n) is 17.7. The predicted molar refractivity (Wildman–Crippen MR) is 132 cm³/mol. The Morgan fingerprint density at radius 1 is 1.06 bits per heavy atom. The summed E-state index contributed by atoms with van der Waals surface area (Å²) in [6, 6.07) is 18.8. The highest BCUT2D eigenvalue weighted by Gasteiger charge is 2.39. The third-order valence-electron chi connectivity index (χ3n) is 6.68. The Balaban J connectivity index is 1.38. The van der Waals surface area contributed by atoms with Crippen LogP contribution in [0.3, 0.4) is 0 Å². The minimum absolute atomic E-state index is 0.274. The first-order chi connectivity index (χ1) is 15.0. The van der Waals surface area contributed by atoms with Gasteiger partial charge in [-0.05, 0) is 100 Å². The van der Waals surface area contributed by atoms with Crippen LogP contribution in [0.5, 0.6) is 5.75 Å². The number of rotatable bonds is 4. The van der Waals surface area contributed by atoms with E-state index in [0.29, 0.717) is 18.4 Å². The van der Waals surface area contributed by atoms with Crippen LogP contribution in [0.25, 0.3) is 0 Å². The molecule has 2 nitrogen and oxygen atoms in total. The van der Waals surface area contributed by atoms with Gasteiger partial charge in [0.25, 0.3) is 0 Å². The topological polar surface area (TPSA) is 21.3 Å². The van der Waals surface area contributed by atoms with Gasteiger partial charge in [0.2, 0.25) is 0 Å². The quantitative estimate of drug-likeness (QED) is 0.370. The minimum Gasteiger partial charge on any atom is -0.489 e. The Bertz CT molecular complexity index is 1140. The van der Waals surface area contributed by atoms with Crippen LogP contribution in [-0.4, -0.2) is 0 Å². The molecule has 0 spiro atoms. The Labute approximate surface area is 197 Å². The maximum absolute atomic E-state index is 5.98. The third kappa shape index (κ3) is 3.90. The van der Waals surface area contributed by atoms with Gasteiger partial charge in [-0.15, -0.1) is 0 Å². The van der Waals surface area contributed by atoms with Crippen molar-refractivity contribution in [2.24, 2.45) is 5.92 Å². The van der Waals surface area contributed by atoms with Gasteiger partial charge in [-0.2, -0.15) is 0 Å². The van der Waals surface area contributed by atoms with E-state index in [1.165, 1.54) is 27.9 Å². The molecular formula is C27H25BrClNO. The van der Waals surface area contributed by atoms with Crippen molar-refractivity contribution in [3.63, 3.8) is 0 Å². The zero-order chi connectivity index (χ0) is 21.5. The van der Waals surface area contributed by atoms with Crippen LogP contribution in [0.15, 0.2) is 71.2 Å². The fourth-order valence-electron chi connectivity index (χ4n) is 4.90. The van der Waals surface area contributed by atoms with E-state index in [-0.39, 0.29) is 6.04 Å². The maximum Gasteiger partial charge on any atom is 0.119 e. The van der Waals surface area contributed by atoms with E-state index >= 15 is 0 Å². The Hall–Kier alpha value is -2.23. The second-order valence-electron chi connectivity index (χ2n) is 8.55. The first kappa shape index (κ1) is 20.7. The summed E-state index contributed by atoms with van der Waals surface area (Å²) in [5.41, 5.74) is 7.83. The lowest BCUT2D eigenvalue weighted by Gasteiger charge is -2.39. The molecule has 31 heavy (non-hydrogen) atoms. The van der Waals surface area contributed by atoms with Gasteiger partial charge in [0.1, 0.15) is 12.4 Å². The summed E-state index contributed by atoms with van der Waals surface area (Å²) in [5.74, 6) is 1.86. The summed E-state index contributed by atoms with van der Waals surface area (Å²) in [6.07, 6.45) is 5.85. The molecule has 4 heteroatoms. The second-order valence-corrected chi connectivity index (χ2v) is 9.84. The van der Waals surface area contributed by atoms with Crippen molar-refractivity contribution in [3.8, 4) is 5.75 Å². The van der Waals surface area contributed by atoms with Gasteiger partial charge in [-0.3, -0.25) is 0 Å². The van der Waals surface area contributed by atoms with E-state index in [2.05, 4.69) is 77.6 Å². The molecule has 0 bridgehead atoms. The number of aryl methyl sites for hydroxylation is 1. The van der Waals surface area contributed by atoms with E-state index < -0.39 is 0 Å². The predicted octanol–water partition coefficient (Wildman–Crippen LogP) is 8.12. The van der Waals surface area contributed by atoms with Gasteiger partial charge in [0.05, 0.1) is 11.7 Å². The average Bonchev–Trinajstić information content (AvgIpc) is 3.26. The number of ether oxygens (including phenoxy) is 1. The molecule has 0 radical (unpaired) electrons. The maximum atomic E-state index is 5.98. The monoisotopic (exact) mass is 493 g/mol. The lowest BCUT2D eigenvalue weighted by Crippen LogP contribution is -2.30. The number of fused-ring (bicyclic) bond motifs is 3. The number of hydrogen-bond acceptors (Lipinski definition) is 2. The normalized spacial score (nSPS) is 21.4. The molecule has 3 aromatic rings. The molecule has 1 aliphatic heterocycles. The van der Waals surface area contributed by atoms with Gasteiger partial charge in [0, 0.05) is 15.4 Å². The first-order valence-corrected chi connectivity index (χ1v) is 11.9. The molecule has 1 aliphatic carbocycles. The van der Waals surface area contributed by atoms with Gasteiger partial charge in [-0.1, -0.05) is 48.0 Å². The highest BCUT2D eigenvalue weighted by Crippen LogP contribution is 2.53. The highest BCUT2D eigenvalue weighted by molar-refractivity contribution is 9.10. The number of hydrogen-bond donors (Lipinski definition) is 1. The second kappa shape index (κ2) is 8.37. The number of nitrogens with one attached hydrogen (secondary N) is 1. The standard InChI is InChI=1S/C27H25BrClNO/c1-16-14-24(28)27-25(17(16)2)22-4-3-5-23(22)26(30-27)19-8-12-21(13-9-19)31-15-18-6-10-20(29)11-7-18/h3-4,6-14,22-23,26,30H,5,15H2,1-2H3/t22-,23-,26+/m1/s1. The number of benzene rings is 3. The van der Waals surface area contributed by atoms with Crippen molar-refractivity contribution in [3.05, 3.63) is 104 Å². The molecule has 0 saturated heterocycles. The Morgan fingerprint density at radius 2 is 1.81 bits per heavy atom. The summed E-state index contributed by atoms with van der Waals surface area (Å²) in [4.78, 5) is 0. The molecule has 3 aromatic carbocycles. The molecule has 0 amide bonds. The largest absolute Gasteiger partial charge is 0.489 e. The minimum atomic E-state index is 0.274. The number of allylic oxidation sites excluding steroid dienone is 2. The van der Waals surface area contributed by atoms with Crippen LogP contribution in [-0.2, 0) is 6.61 Å². The van der Waals surface area contributed by atoms with Crippen molar-refractivity contribution in [1.82, 2.24) is 0 Å². The van der Waals surface area contributed by atoms with Crippen molar-refractivity contribution in [2.75, 3.05) is 5.32 Å². The molecule has 0 fully saturated rings. The summed E-state index contributed by atoms with van der Waals surface area (Å²) in [7, 11) is 0. The number of anilines is 1. The van der Waals surface area contributed by atoms with Crippen molar-refractivity contribution in [1.29, 1.82) is 0 Å². The van der Waals surface area contributed by atoms with Crippen LogP contribution in [0.2, 0.25) is 5.02 Å². The molecule has 5 rings (SSSR count). The number of halogens is 2. The van der Waals surface area contributed by atoms with Gasteiger partial charge in [0.15, 0.2) is 0 Å². The van der Waals surface area contributed by atoms with Crippen molar-refractivity contribution in [2.45, 2.75) is 38.8 Å². The molecule has 0 unspecified atom stereocenters. The molecular weight excluding hydrogens is 470 g/mol. The lowest BCUT2D eigenvalue weighted by atomic mass is 9.75. The van der Waals surface area contributed by atoms with E-state index in [9.17, 15) is 0 Å². The molecule has 158 valence electrons. The first-order valence-electron chi connectivity index (χ1n) is 10.7. The molecule has 1 heterocycles. The van der Waals surface area contributed by atoms with Gasteiger partial charge in [-0.25, -0.2) is 0 Å². The summed E-state index contributed by atoms with van der Waals surface area (Å²) in [5, 5.41) is 4.61. The van der Waals surface area contributed by atoms with E-state index in [0.717, 1.165) is 27.2 Å². The van der Waals surface area contributed by atoms with Crippen molar-refractivity contribution < 1.29 is 4.74 Å². The van der Waals surface area contributed by atoms with Crippen LogP contribution in [0, 0.1) is 19.8 Å². The highest BCUT2D eigenvalue weighted by atomic mass is 79.9. The van der Waals surface area contributed by atoms with E-state index in [4.69, 9.17) is 16.3 Å². The van der Waals surface area contributed by atoms with Crippen LogP contribution < -0.4 is 10.1 Å². The van der Waals surface area contributed by atoms with Crippen molar-refractivity contribution >= 4 is 33.2 Å². The Kier molecular flexibility index (Phi) is 5.58. The van der Waals surface area contributed by atoms with Gasteiger partial charge >= 0.3 is 0 Å². The van der Waals surface area contributed by atoms with Crippen LogP contribution >= 0.6 is 27.5 Å². The van der Waals surface area contributed by atoms with E-state index in [1.807, 2.05) is 24.3 Å². The van der Waals surface area contributed by atoms with Crippen LogP contribution in [0.1, 0.15) is 46.2 Å². The SMILES string of the molecule is Cc1cc(Br)c2c(c1C)[C@@H]1C=CC[C@H]1[C@H](c1ccc(OCc3ccc(Cl)cc3)cc1)N2. The lowest BCUT2D eigenvalue weighted by molar-refractivity contribution is 0.306.